The van der Waals surface area contributed by atoms with Gasteiger partial charge in [-0.1, -0.05) is 176 Å². The highest BCUT2D eigenvalue weighted by Gasteiger charge is 2.31. The lowest BCUT2D eigenvalue weighted by Crippen LogP contribution is -2.18. The van der Waals surface area contributed by atoms with E-state index < -0.39 is 0 Å². The molecule has 0 radical (unpaired) electrons. The normalized spacial score (nSPS) is 16.4. The molecule has 3 aliphatic carbocycles. The van der Waals surface area contributed by atoms with Crippen molar-refractivity contribution in [2.75, 3.05) is 4.90 Å². The molecule has 0 heterocycles. The summed E-state index contributed by atoms with van der Waals surface area (Å²) in [5, 5.41) is 14.5. The van der Waals surface area contributed by atoms with Gasteiger partial charge in [0.1, 0.15) is 0 Å². The van der Waals surface area contributed by atoms with Crippen LogP contribution in [0.3, 0.4) is 0 Å². The maximum atomic E-state index is 9.38. The summed E-state index contributed by atoms with van der Waals surface area (Å²) in [4.78, 5) is 2.38. The van der Waals surface area contributed by atoms with Crippen molar-refractivity contribution in [3.05, 3.63) is 218 Å². The molecule has 2 unspecified atom stereocenters. The van der Waals surface area contributed by atoms with Gasteiger partial charge >= 0.3 is 0 Å². The van der Waals surface area contributed by atoms with Crippen LogP contribution in [0.15, 0.2) is 218 Å². The van der Waals surface area contributed by atoms with Crippen LogP contribution in [0, 0.1) is 23.2 Å². The summed E-state index contributed by atoms with van der Waals surface area (Å²) in [7, 11) is 0. The van der Waals surface area contributed by atoms with Gasteiger partial charge in [0.25, 0.3) is 0 Å². The van der Waals surface area contributed by atoms with Gasteiger partial charge in [0, 0.05) is 23.0 Å². The molecule has 8 aromatic rings. The number of benzene rings is 8. The molecular weight excluding hydrogens is 713 g/mol. The maximum absolute atomic E-state index is 9.38. The second kappa shape index (κ2) is 14.5. The number of anilines is 2. The van der Waals surface area contributed by atoms with Gasteiger partial charge in [0.15, 0.2) is 0 Å². The van der Waals surface area contributed by atoms with Gasteiger partial charge in [-0.15, -0.1) is 0 Å². The predicted molar refractivity (Wildman–Crippen MR) is 247 cm³/mol. The first-order chi connectivity index (χ1) is 29.2. The molecule has 0 aliphatic heterocycles. The summed E-state index contributed by atoms with van der Waals surface area (Å²) in [6, 6.07) is 64.6. The first-order valence-corrected chi connectivity index (χ1v) is 20.6. The number of nitrogens with zero attached hydrogens (tertiary/aromatic N) is 2. The van der Waals surface area contributed by atoms with Crippen molar-refractivity contribution in [2.24, 2.45) is 11.8 Å². The number of nitriles is 1. The van der Waals surface area contributed by atoms with Crippen molar-refractivity contribution < 1.29 is 0 Å². The summed E-state index contributed by atoms with van der Waals surface area (Å²) in [5.41, 5.74) is 17.4. The molecule has 2 heteroatoms. The Kier molecular flexibility index (Phi) is 8.53. The van der Waals surface area contributed by atoms with Gasteiger partial charge in [-0.3, -0.25) is 0 Å². The zero-order valence-corrected chi connectivity index (χ0v) is 32.6. The fraction of sp³-hybridized carbons (Fsp3) is 0.0702. The molecule has 59 heavy (non-hydrogen) atoms. The van der Waals surface area contributed by atoms with E-state index in [1.54, 1.807) is 0 Å². The largest absolute Gasteiger partial charge is 0.311 e. The van der Waals surface area contributed by atoms with Crippen LogP contribution in [0.4, 0.5) is 11.4 Å². The Morgan fingerprint density at radius 3 is 1.66 bits per heavy atom. The molecule has 2 nitrogen and oxygen atoms in total. The highest BCUT2D eigenvalue weighted by Crippen LogP contribution is 2.58. The van der Waals surface area contributed by atoms with E-state index in [2.05, 4.69) is 217 Å². The smallest absolute Gasteiger partial charge is 0.0700 e. The second-order valence-corrected chi connectivity index (χ2v) is 15.8. The fourth-order valence-corrected chi connectivity index (χ4v) is 9.73. The van der Waals surface area contributed by atoms with E-state index in [4.69, 9.17) is 0 Å². The predicted octanol–water partition coefficient (Wildman–Crippen LogP) is 15.3. The van der Waals surface area contributed by atoms with E-state index in [-0.39, 0.29) is 5.92 Å². The van der Waals surface area contributed by atoms with Crippen LogP contribution in [0.2, 0.25) is 0 Å². The summed E-state index contributed by atoms with van der Waals surface area (Å²) in [5.74, 6) is 0.282. The Balaban J connectivity index is 1.06. The standard InChI is InChI=1S/C57H40N2/c58-37-38-26-28-39(29-27-38)40-30-32-45(33-31-40)59(44-19-8-3-9-20-44)46-21-12-18-43(36-46)47-34-35-52-55-48(47)24-13-25-51(55)56-53(41-14-4-1-5-15-41)49-22-10-11-23-50(49)54(57(52)56)42-16-6-2-7-17-42/h1-26,28-30,32-36,38,40H,27,31H2. The van der Waals surface area contributed by atoms with Crippen LogP contribution in [0.25, 0.3) is 77.2 Å². The lowest BCUT2D eigenvalue weighted by Gasteiger charge is -2.30. The molecule has 11 rings (SSSR count). The molecule has 0 fully saturated rings. The number of rotatable bonds is 7. The Morgan fingerprint density at radius 2 is 1.03 bits per heavy atom. The molecule has 0 spiro atoms. The monoisotopic (exact) mass is 752 g/mol. The van der Waals surface area contributed by atoms with Gasteiger partial charge in [-0.2, -0.15) is 5.26 Å². The van der Waals surface area contributed by atoms with Crippen molar-refractivity contribution in [3.63, 3.8) is 0 Å². The topological polar surface area (TPSA) is 27.0 Å². The molecule has 0 N–H and O–H groups in total. The number of allylic oxidation sites excluding steroid dienone is 7. The molecule has 2 atom stereocenters. The molecule has 8 aromatic carbocycles. The first kappa shape index (κ1) is 34.8. The van der Waals surface area contributed by atoms with Crippen LogP contribution in [0.1, 0.15) is 12.8 Å². The van der Waals surface area contributed by atoms with Crippen LogP contribution in [0.5, 0.6) is 0 Å². The van der Waals surface area contributed by atoms with E-state index in [9.17, 15) is 5.26 Å². The zero-order chi connectivity index (χ0) is 39.3. The average Bonchev–Trinajstić information content (AvgIpc) is 3.64. The quantitative estimate of drug-likeness (QED) is 0.162. The van der Waals surface area contributed by atoms with Crippen LogP contribution >= 0.6 is 0 Å². The fourth-order valence-electron chi connectivity index (χ4n) is 9.73. The Morgan fingerprint density at radius 1 is 0.458 bits per heavy atom. The van der Waals surface area contributed by atoms with Crippen LogP contribution in [-0.2, 0) is 0 Å². The van der Waals surface area contributed by atoms with Crippen LogP contribution in [-0.4, -0.2) is 0 Å². The third-order valence-corrected chi connectivity index (χ3v) is 12.4. The minimum atomic E-state index is -0.0226. The third-order valence-electron chi connectivity index (χ3n) is 12.4. The highest BCUT2D eigenvalue weighted by atomic mass is 15.1. The molecule has 0 amide bonds. The van der Waals surface area contributed by atoms with Crippen molar-refractivity contribution >= 4 is 32.9 Å². The third kappa shape index (κ3) is 5.86. The van der Waals surface area contributed by atoms with Crippen molar-refractivity contribution in [3.8, 4) is 61.7 Å². The van der Waals surface area contributed by atoms with Gasteiger partial charge < -0.3 is 4.90 Å². The van der Waals surface area contributed by atoms with E-state index in [0.717, 1.165) is 29.9 Å². The molecule has 0 saturated heterocycles. The number of fused-ring (bicyclic) bond motifs is 4. The molecule has 278 valence electrons. The van der Waals surface area contributed by atoms with Crippen molar-refractivity contribution in [1.29, 1.82) is 5.26 Å². The van der Waals surface area contributed by atoms with Gasteiger partial charge in [-0.25, -0.2) is 0 Å². The summed E-state index contributed by atoms with van der Waals surface area (Å²) < 4.78 is 0. The second-order valence-electron chi connectivity index (χ2n) is 15.8. The average molecular weight is 753 g/mol. The lowest BCUT2D eigenvalue weighted by molar-refractivity contribution is 0.739. The lowest BCUT2D eigenvalue weighted by atomic mass is 9.82. The first-order valence-electron chi connectivity index (χ1n) is 20.6. The minimum Gasteiger partial charge on any atom is -0.311 e. The minimum absolute atomic E-state index is 0.0226. The van der Waals surface area contributed by atoms with Gasteiger partial charge in [0.05, 0.1) is 12.0 Å². The molecule has 3 aliphatic rings. The van der Waals surface area contributed by atoms with Crippen molar-refractivity contribution in [2.45, 2.75) is 12.8 Å². The molecular formula is C57H40N2. The van der Waals surface area contributed by atoms with Gasteiger partial charge in [-0.05, 0) is 126 Å². The summed E-state index contributed by atoms with van der Waals surface area (Å²) in [6.07, 6.45) is 15.1. The molecule has 0 saturated carbocycles. The Bertz CT molecular complexity index is 3010. The van der Waals surface area contributed by atoms with Crippen molar-refractivity contribution in [1.82, 2.24) is 0 Å². The number of para-hydroxylation sites is 1. The maximum Gasteiger partial charge on any atom is 0.0700 e. The van der Waals surface area contributed by atoms with E-state index in [1.807, 2.05) is 0 Å². The summed E-state index contributed by atoms with van der Waals surface area (Å²) in [6.45, 7) is 0. The number of hydrogen-bond acceptors (Lipinski definition) is 2. The molecule has 0 bridgehead atoms. The Labute approximate surface area is 345 Å². The van der Waals surface area contributed by atoms with E-state index in [1.165, 1.54) is 82.8 Å². The zero-order valence-electron chi connectivity index (χ0n) is 32.6. The Hall–Kier alpha value is -7.47. The number of hydrogen-bond donors (Lipinski definition) is 0. The highest BCUT2D eigenvalue weighted by molar-refractivity contribution is 6.28. The summed E-state index contributed by atoms with van der Waals surface area (Å²) >= 11 is 0. The van der Waals surface area contributed by atoms with E-state index in [0.29, 0.717) is 5.92 Å². The van der Waals surface area contributed by atoms with Crippen LogP contribution < -0.4 is 4.90 Å². The molecule has 0 aromatic heterocycles. The SMILES string of the molecule is N#CC1C=CC(C2C=CC(N(c3ccccc3)c3cccc(-c4ccc5c6c(cccc46)-c4c-5c(-c5ccccc5)c5ccccc5c4-c4ccccc4)c3)=CC2)=CC1. The van der Waals surface area contributed by atoms with E-state index >= 15 is 0 Å². The van der Waals surface area contributed by atoms with Gasteiger partial charge in [0.2, 0.25) is 0 Å².